The molecule has 3 N–H and O–H groups in total. The zero-order valence-electron chi connectivity index (χ0n) is 10.7. The molecule has 0 amide bonds. The average molecular weight is 361 g/mol. The number of sulfonamides is 1. The molecular formula is C10H14Cl2N2O4S2. The van der Waals surface area contributed by atoms with Crippen LogP contribution in [0.4, 0.5) is 5.69 Å². The molecule has 0 aromatic heterocycles. The molecule has 0 aliphatic carbocycles. The molecule has 0 radical (unpaired) electrons. The molecule has 1 unspecified atom stereocenters. The monoisotopic (exact) mass is 360 g/mol. The zero-order chi connectivity index (χ0) is 15.7. The Kier molecular flexibility index (Phi) is 5.31. The first-order chi connectivity index (χ1) is 8.92. The van der Waals surface area contributed by atoms with E-state index in [1.165, 1.54) is 19.1 Å². The summed E-state index contributed by atoms with van der Waals surface area (Å²) in [7, 11) is -7.36. The Bertz CT molecular complexity index is 694. The number of benzene rings is 1. The maximum Gasteiger partial charge on any atom is 0.244 e. The van der Waals surface area contributed by atoms with Crippen molar-refractivity contribution in [2.24, 2.45) is 0 Å². The lowest BCUT2D eigenvalue weighted by atomic mass is 10.3. The molecule has 0 aliphatic heterocycles. The Morgan fingerprint density at radius 1 is 1.25 bits per heavy atom. The van der Waals surface area contributed by atoms with Crippen LogP contribution in [0.25, 0.3) is 0 Å². The van der Waals surface area contributed by atoms with E-state index in [1.54, 1.807) is 0 Å². The van der Waals surface area contributed by atoms with Gasteiger partial charge in [0.05, 0.1) is 16.5 Å². The summed E-state index contributed by atoms with van der Waals surface area (Å²) >= 11 is 11.5. The summed E-state index contributed by atoms with van der Waals surface area (Å²) in [5.74, 6) is -0.336. The van der Waals surface area contributed by atoms with E-state index in [0.717, 1.165) is 6.26 Å². The highest BCUT2D eigenvalue weighted by Gasteiger charge is 2.25. The summed E-state index contributed by atoms with van der Waals surface area (Å²) in [6.45, 7) is 1.43. The lowest BCUT2D eigenvalue weighted by Crippen LogP contribution is -2.37. The molecule has 1 aromatic rings. The van der Waals surface area contributed by atoms with Gasteiger partial charge in [-0.25, -0.2) is 21.6 Å². The number of anilines is 1. The van der Waals surface area contributed by atoms with E-state index < -0.39 is 25.9 Å². The molecule has 20 heavy (non-hydrogen) atoms. The van der Waals surface area contributed by atoms with E-state index in [-0.39, 0.29) is 26.4 Å². The highest BCUT2D eigenvalue weighted by molar-refractivity contribution is 7.91. The van der Waals surface area contributed by atoms with Gasteiger partial charge in [-0.3, -0.25) is 0 Å². The predicted octanol–water partition coefficient (Wildman–Crippen LogP) is 1.29. The van der Waals surface area contributed by atoms with E-state index >= 15 is 0 Å². The fourth-order valence-electron chi connectivity index (χ4n) is 1.68. The fraction of sp³-hybridized carbons (Fsp3) is 0.400. The number of halogens is 2. The lowest BCUT2D eigenvalue weighted by molar-refractivity contribution is 0.565. The smallest absolute Gasteiger partial charge is 0.244 e. The molecular weight excluding hydrogens is 347 g/mol. The van der Waals surface area contributed by atoms with Crippen LogP contribution in [0.3, 0.4) is 0 Å². The molecule has 6 nitrogen and oxygen atoms in total. The minimum atomic E-state index is -4.04. The molecule has 10 heteroatoms. The van der Waals surface area contributed by atoms with Crippen molar-refractivity contribution in [3.05, 3.63) is 22.2 Å². The van der Waals surface area contributed by atoms with E-state index in [9.17, 15) is 16.8 Å². The Hall–Kier alpha value is -0.540. The van der Waals surface area contributed by atoms with E-state index in [4.69, 9.17) is 28.9 Å². The van der Waals surface area contributed by atoms with Gasteiger partial charge in [0.15, 0.2) is 0 Å². The Labute approximate surface area is 128 Å². The molecule has 0 saturated carbocycles. The van der Waals surface area contributed by atoms with Crippen LogP contribution in [0.2, 0.25) is 10.0 Å². The molecule has 0 saturated heterocycles. The van der Waals surface area contributed by atoms with Crippen LogP contribution in [0.15, 0.2) is 17.0 Å². The van der Waals surface area contributed by atoms with Gasteiger partial charge >= 0.3 is 0 Å². The van der Waals surface area contributed by atoms with Crippen molar-refractivity contribution in [1.82, 2.24) is 4.72 Å². The maximum atomic E-state index is 12.2. The van der Waals surface area contributed by atoms with Gasteiger partial charge in [-0.1, -0.05) is 23.2 Å². The van der Waals surface area contributed by atoms with E-state index in [0.29, 0.717) is 0 Å². The summed E-state index contributed by atoms with van der Waals surface area (Å²) in [6, 6.07) is 1.68. The highest BCUT2D eigenvalue weighted by atomic mass is 35.5. The molecule has 1 aromatic carbocycles. The molecule has 114 valence electrons. The second-order valence-electron chi connectivity index (χ2n) is 4.42. The molecule has 0 heterocycles. The van der Waals surface area contributed by atoms with Gasteiger partial charge in [0.25, 0.3) is 0 Å². The van der Waals surface area contributed by atoms with E-state index in [2.05, 4.69) is 4.72 Å². The van der Waals surface area contributed by atoms with Crippen molar-refractivity contribution in [3.63, 3.8) is 0 Å². The van der Waals surface area contributed by atoms with Crippen LogP contribution in [-0.2, 0) is 19.9 Å². The third kappa shape index (κ3) is 4.78. The first-order valence-electron chi connectivity index (χ1n) is 5.37. The molecule has 0 aliphatic rings. The SMILES string of the molecule is CC(CS(C)(=O)=O)NS(=O)(=O)c1c(N)cc(Cl)cc1Cl. The first-order valence-corrected chi connectivity index (χ1v) is 9.67. The number of rotatable bonds is 5. The second kappa shape index (κ2) is 6.07. The van der Waals surface area contributed by atoms with Gasteiger partial charge in [0, 0.05) is 17.3 Å². The van der Waals surface area contributed by atoms with Gasteiger partial charge in [0.2, 0.25) is 10.0 Å². The molecule has 0 spiro atoms. The largest absolute Gasteiger partial charge is 0.398 e. The Balaban J connectivity index is 3.13. The van der Waals surface area contributed by atoms with Crippen molar-refractivity contribution in [2.45, 2.75) is 17.9 Å². The van der Waals surface area contributed by atoms with Gasteiger partial charge in [-0.05, 0) is 19.1 Å². The summed E-state index contributed by atoms with van der Waals surface area (Å²) in [6.07, 6.45) is 1.02. The molecule has 1 atom stereocenters. The van der Waals surface area contributed by atoms with Crippen LogP contribution >= 0.6 is 23.2 Å². The van der Waals surface area contributed by atoms with Crippen LogP contribution in [-0.4, -0.2) is 34.9 Å². The average Bonchev–Trinajstić information content (AvgIpc) is 2.08. The van der Waals surface area contributed by atoms with Crippen LogP contribution < -0.4 is 10.5 Å². The maximum absolute atomic E-state index is 12.2. The standard InChI is InChI=1S/C10H14Cl2N2O4S2/c1-6(5-19(2,15)16)14-20(17,18)10-8(12)3-7(11)4-9(10)13/h3-4,6,14H,5,13H2,1-2H3. The third-order valence-corrected chi connectivity index (χ3v) is 5.65. The predicted molar refractivity (Wildman–Crippen MR) is 80.4 cm³/mol. The Morgan fingerprint density at radius 3 is 2.25 bits per heavy atom. The van der Waals surface area contributed by atoms with Crippen molar-refractivity contribution in [3.8, 4) is 0 Å². The number of sulfone groups is 1. The summed E-state index contributed by atoms with van der Waals surface area (Å²) in [5, 5.41) is 0.0738. The van der Waals surface area contributed by atoms with Gasteiger partial charge in [0.1, 0.15) is 14.7 Å². The molecule has 0 fully saturated rings. The van der Waals surface area contributed by atoms with Crippen molar-refractivity contribution in [1.29, 1.82) is 0 Å². The molecule has 1 rings (SSSR count). The minimum absolute atomic E-state index is 0.110. The number of hydrogen-bond acceptors (Lipinski definition) is 5. The van der Waals surface area contributed by atoms with Crippen LogP contribution in [0.5, 0.6) is 0 Å². The topological polar surface area (TPSA) is 106 Å². The number of hydrogen-bond donors (Lipinski definition) is 2. The fourth-order valence-corrected chi connectivity index (χ4v) is 5.00. The number of nitrogen functional groups attached to an aromatic ring is 1. The normalized spacial score (nSPS) is 14.2. The summed E-state index contributed by atoms with van der Waals surface area (Å²) in [4.78, 5) is -0.316. The summed E-state index contributed by atoms with van der Waals surface area (Å²) in [5.41, 5.74) is 5.50. The van der Waals surface area contributed by atoms with Crippen LogP contribution in [0, 0.1) is 0 Å². The van der Waals surface area contributed by atoms with Crippen molar-refractivity contribution in [2.75, 3.05) is 17.7 Å². The lowest BCUT2D eigenvalue weighted by Gasteiger charge is -2.15. The first kappa shape index (κ1) is 17.5. The van der Waals surface area contributed by atoms with Crippen molar-refractivity contribution < 1.29 is 16.8 Å². The van der Waals surface area contributed by atoms with Gasteiger partial charge in [-0.15, -0.1) is 0 Å². The minimum Gasteiger partial charge on any atom is -0.398 e. The highest BCUT2D eigenvalue weighted by Crippen LogP contribution is 2.31. The number of nitrogens with one attached hydrogen (secondary N) is 1. The quantitative estimate of drug-likeness (QED) is 0.769. The summed E-state index contributed by atoms with van der Waals surface area (Å²) < 4.78 is 48.8. The third-order valence-electron chi connectivity index (χ3n) is 2.21. The zero-order valence-corrected chi connectivity index (χ0v) is 13.9. The number of nitrogens with two attached hydrogens (primary N) is 1. The molecule has 0 bridgehead atoms. The van der Waals surface area contributed by atoms with E-state index in [1.807, 2.05) is 0 Å². The van der Waals surface area contributed by atoms with Gasteiger partial charge in [-0.2, -0.15) is 0 Å². The van der Waals surface area contributed by atoms with Crippen LogP contribution in [0.1, 0.15) is 6.92 Å². The van der Waals surface area contributed by atoms with Crippen molar-refractivity contribution >= 4 is 48.7 Å². The Morgan fingerprint density at radius 2 is 1.80 bits per heavy atom. The second-order valence-corrected chi connectivity index (χ2v) is 9.10. The van der Waals surface area contributed by atoms with Gasteiger partial charge < -0.3 is 5.73 Å².